The fraction of sp³-hybridized carbons (Fsp3) is 0.280. The zero-order valence-electron chi connectivity index (χ0n) is 19.4. The Labute approximate surface area is 198 Å². The van der Waals surface area contributed by atoms with Crippen LogP contribution >= 0.6 is 7.60 Å². The van der Waals surface area contributed by atoms with Crippen molar-refractivity contribution in [3.63, 3.8) is 0 Å². The quantitative estimate of drug-likeness (QED) is 0.272. The van der Waals surface area contributed by atoms with Gasteiger partial charge in [0.25, 0.3) is 0 Å². The second kappa shape index (κ2) is 10.5. The normalized spacial score (nSPS) is 12.3. The Morgan fingerprint density at radius 1 is 1.09 bits per heavy atom. The summed E-state index contributed by atoms with van der Waals surface area (Å²) in [5.41, 5.74) is 3.33. The van der Waals surface area contributed by atoms with E-state index in [-0.39, 0.29) is 11.7 Å². The lowest BCUT2D eigenvalue weighted by Crippen LogP contribution is -2.24. The Kier molecular flexibility index (Phi) is 7.87. The highest BCUT2D eigenvalue weighted by molar-refractivity contribution is 7.53. The van der Waals surface area contributed by atoms with Gasteiger partial charge in [0.2, 0.25) is 5.91 Å². The molecular formula is C25H29FN3O4P. The number of amides is 1. The van der Waals surface area contributed by atoms with Crippen molar-refractivity contribution in [2.45, 2.75) is 45.3 Å². The van der Waals surface area contributed by atoms with Gasteiger partial charge in [-0.3, -0.25) is 14.0 Å². The van der Waals surface area contributed by atoms with Crippen molar-refractivity contribution in [3.05, 3.63) is 77.7 Å². The van der Waals surface area contributed by atoms with Crippen LogP contribution in [-0.2, 0) is 21.1 Å². The number of anilines is 1. The first-order chi connectivity index (χ1) is 16.1. The van der Waals surface area contributed by atoms with E-state index < -0.39 is 12.8 Å². The molecule has 7 nitrogen and oxygen atoms in total. The van der Waals surface area contributed by atoms with E-state index in [1.807, 2.05) is 6.92 Å². The molecule has 0 fully saturated rings. The van der Waals surface area contributed by atoms with Crippen LogP contribution in [0.3, 0.4) is 0 Å². The maximum Gasteiger partial charge on any atom is 0.335 e. The molecular weight excluding hydrogens is 456 g/mol. The zero-order valence-corrected chi connectivity index (χ0v) is 20.3. The van der Waals surface area contributed by atoms with E-state index in [0.717, 1.165) is 16.8 Å². The summed E-state index contributed by atoms with van der Waals surface area (Å²) in [6.45, 7) is 6.07. The van der Waals surface area contributed by atoms with Crippen LogP contribution in [0, 0.1) is 5.82 Å². The van der Waals surface area contributed by atoms with Crippen molar-refractivity contribution in [2.75, 3.05) is 5.32 Å². The number of carbonyl (C=O) groups is 1. The van der Waals surface area contributed by atoms with Gasteiger partial charge in [0.1, 0.15) is 5.82 Å². The lowest BCUT2D eigenvalue weighted by molar-refractivity contribution is -0.111. The van der Waals surface area contributed by atoms with Gasteiger partial charge >= 0.3 is 7.60 Å². The van der Waals surface area contributed by atoms with Crippen molar-refractivity contribution >= 4 is 25.3 Å². The minimum Gasteiger partial charge on any atom is -0.324 e. The number of hydrogen-bond acceptors (Lipinski definition) is 3. The maximum atomic E-state index is 13.3. The molecule has 2 aromatic carbocycles. The molecule has 0 radical (unpaired) electrons. The molecule has 0 aliphatic heterocycles. The number of hydrogen-bond donors (Lipinski definition) is 3. The number of rotatable bonds is 9. The van der Waals surface area contributed by atoms with Gasteiger partial charge in [-0.2, -0.15) is 5.10 Å². The Morgan fingerprint density at radius 2 is 1.71 bits per heavy atom. The van der Waals surface area contributed by atoms with Gasteiger partial charge in [-0.25, -0.2) is 4.39 Å². The maximum absolute atomic E-state index is 13.3. The average molecular weight is 485 g/mol. The molecule has 3 rings (SSSR count). The summed E-state index contributed by atoms with van der Waals surface area (Å²) in [7, 11) is -4.38. The summed E-state index contributed by atoms with van der Waals surface area (Å²) in [4.78, 5) is 32.3. The largest absolute Gasteiger partial charge is 0.335 e. The number of halogens is 1. The molecule has 34 heavy (non-hydrogen) atoms. The third-order valence-electron chi connectivity index (χ3n) is 6.12. The first-order valence-electron chi connectivity index (χ1n) is 11.1. The van der Waals surface area contributed by atoms with Crippen LogP contribution in [0.25, 0.3) is 17.3 Å². The minimum atomic E-state index is -4.38. The number of carbonyl (C=O) groups excluding carboxylic acids is 1. The highest BCUT2D eigenvalue weighted by atomic mass is 31.2. The van der Waals surface area contributed by atoms with E-state index in [1.54, 1.807) is 67.2 Å². The van der Waals surface area contributed by atoms with Crippen molar-refractivity contribution < 1.29 is 23.5 Å². The highest BCUT2D eigenvalue weighted by Gasteiger charge is 2.45. The second-order valence-corrected chi connectivity index (χ2v) is 9.90. The fourth-order valence-corrected chi connectivity index (χ4v) is 5.45. The van der Waals surface area contributed by atoms with Crippen molar-refractivity contribution in [1.82, 2.24) is 9.78 Å². The van der Waals surface area contributed by atoms with E-state index in [0.29, 0.717) is 30.6 Å². The van der Waals surface area contributed by atoms with E-state index in [9.17, 15) is 23.5 Å². The summed E-state index contributed by atoms with van der Waals surface area (Å²) >= 11 is 0. The SMILES string of the molecule is CCn1ncc(/C=C/C(=O)Nc2ccc(C(CC)(CC)P(=O)(O)O)cc2)c1-c1ccc(F)cc1. The first kappa shape index (κ1) is 25.6. The molecule has 0 unspecified atom stereocenters. The molecule has 3 N–H and O–H groups in total. The van der Waals surface area contributed by atoms with Gasteiger partial charge in [-0.05, 0) is 67.8 Å². The van der Waals surface area contributed by atoms with Gasteiger partial charge in [0, 0.05) is 29.4 Å². The van der Waals surface area contributed by atoms with Gasteiger partial charge in [0.05, 0.1) is 17.0 Å². The zero-order chi connectivity index (χ0) is 24.9. The van der Waals surface area contributed by atoms with Crippen LogP contribution in [-0.4, -0.2) is 25.5 Å². The number of benzene rings is 2. The van der Waals surface area contributed by atoms with Gasteiger partial charge in [-0.1, -0.05) is 26.0 Å². The molecule has 180 valence electrons. The van der Waals surface area contributed by atoms with Crippen LogP contribution in [0.5, 0.6) is 0 Å². The van der Waals surface area contributed by atoms with Crippen LogP contribution in [0.15, 0.2) is 60.8 Å². The van der Waals surface area contributed by atoms with Crippen LogP contribution in [0.1, 0.15) is 44.7 Å². The highest BCUT2D eigenvalue weighted by Crippen LogP contribution is 2.60. The summed E-state index contributed by atoms with van der Waals surface area (Å²) in [5.74, 6) is -0.695. The first-order valence-corrected chi connectivity index (χ1v) is 12.7. The molecule has 1 aromatic heterocycles. The second-order valence-electron chi connectivity index (χ2n) is 7.95. The van der Waals surface area contributed by atoms with Crippen LogP contribution in [0.4, 0.5) is 10.1 Å². The molecule has 0 bridgehead atoms. The molecule has 1 heterocycles. The fourth-order valence-electron chi connectivity index (χ4n) is 4.14. The molecule has 0 aliphatic rings. The number of nitrogens with one attached hydrogen (secondary N) is 1. The van der Waals surface area contributed by atoms with E-state index in [1.165, 1.54) is 18.2 Å². The molecule has 0 atom stereocenters. The van der Waals surface area contributed by atoms with Gasteiger partial charge in [-0.15, -0.1) is 0 Å². The predicted octanol–water partition coefficient (Wildman–Crippen LogP) is 5.55. The molecule has 3 aromatic rings. The standard InChI is InChI=1S/C25H29FN3O4P/c1-4-25(5-2,34(31,32)33)20-10-14-22(15-11-20)28-23(30)16-9-19-17-27-29(6-3)24(19)18-7-12-21(26)13-8-18/h7-17H,4-6H2,1-3H3,(H,28,30)(H2,31,32,33)/b16-9+. The monoisotopic (exact) mass is 485 g/mol. The summed E-state index contributed by atoms with van der Waals surface area (Å²) in [6, 6.07) is 12.6. The predicted molar refractivity (Wildman–Crippen MR) is 132 cm³/mol. The number of nitrogens with zero attached hydrogens (tertiary/aromatic N) is 2. The third-order valence-corrected chi connectivity index (χ3v) is 8.12. The van der Waals surface area contributed by atoms with Gasteiger partial charge in [0.15, 0.2) is 0 Å². The number of aromatic nitrogens is 2. The Hall–Kier alpha value is -3.06. The number of aryl methyl sites for hydroxylation is 1. The Bertz CT molecular complexity index is 1210. The summed E-state index contributed by atoms with van der Waals surface area (Å²) < 4.78 is 27.3. The summed E-state index contributed by atoms with van der Waals surface area (Å²) in [6.07, 6.45) is 5.27. The molecule has 0 spiro atoms. The van der Waals surface area contributed by atoms with E-state index in [4.69, 9.17) is 0 Å². The molecule has 0 saturated carbocycles. The average Bonchev–Trinajstić information content (AvgIpc) is 3.22. The lowest BCUT2D eigenvalue weighted by Gasteiger charge is -2.33. The minimum absolute atomic E-state index is 0.296. The Morgan fingerprint density at radius 3 is 2.24 bits per heavy atom. The van der Waals surface area contributed by atoms with Gasteiger partial charge < -0.3 is 15.1 Å². The van der Waals surface area contributed by atoms with Crippen LogP contribution < -0.4 is 5.32 Å². The topological polar surface area (TPSA) is 104 Å². The van der Waals surface area contributed by atoms with Crippen molar-refractivity contribution in [3.8, 4) is 11.3 Å². The van der Waals surface area contributed by atoms with E-state index >= 15 is 0 Å². The molecule has 1 amide bonds. The lowest BCUT2D eigenvalue weighted by atomic mass is 9.92. The van der Waals surface area contributed by atoms with Crippen LogP contribution in [0.2, 0.25) is 0 Å². The molecule has 0 saturated heterocycles. The summed E-state index contributed by atoms with van der Waals surface area (Å²) in [5, 5.41) is 5.85. The smallest absolute Gasteiger partial charge is 0.324 e. The van der Waals surface area contributed by atoms with Crippen molar-refractivity contribution in [2.24, 2.45) is 0 Å². The van der Waals surface area contributed by atoms with E-state index in [2.05, 4.69) is 10.4 Å². The molecule has 9 heteroatoms. The third kappa shape index (κ3) is 5.20. The van der Waals surface area contributed by atoms with Crippen molar-refractivity contribution in [1.29, 1.82) is 0 Å². The molecule has 0 aliphatic carbocycles. The Balaban J connectivity index is 1.78.